The van der Waals surface area contributed by atoms with Gasteiger partial charge >= 0.3 is 0 Å². The van der Waals surface area contributed by atoms with Crippen LogP contribution in [0.1, 0.15) is 22.5 Å². The summed E-state index contributed by atoms with van der Waals surface area (Å²) in [6.07, 6.45) is 1.37. The molecule has 1 N–H and O–H groups in total. The molecule has 0 unspecified atom stereocenters. The number of aryl methyl sites for hydroxylation is 3. The van der Waals surface area contributed by atoms with E-state index in [1.165, 1.54) is 12.1 Å². The number of nitrogens with one attached hydrogen (secondary N) is 1. The first kappa shape index (κ1) is 25.2. The van der Waals surface area contributed by atoms with Crippen molar-refractivity contribution in [1.82, 2.24) is 4.90 Å². The van der Waals surface area contributed by atoms with Crippen molar-refractivity contribution in [3.8, 4) is 11.3 Å². The molecule has 2 aromatic carbocycles. The van der Waals surface area contributed by atoms with Crippen LogP contribution in [0.25, 0.3) is 17.4 Å². The number of amides is 3. The molecule has 0 bridgehead atoms. The lowest BCUT2D eigenvalue weighted by Crippen LogP contribution is -2.36. The molecular weight excluding hydrogens is 506 g/mol. The number of nitro benzene ring substituents is 1. The molecule has 0 aliphatic carbocycles. The second-order valence-electron chi connectivity index (χ2n) is 8.19. The zero-order valence-corrected chi connectivity index (χ0v) is 21.0. The molecule has 1 fully saturated rings. The molecule has 0 saturated carbocycles. The van der Waals surface area contributed by atoms with E-state index in [4.69, 9.17) is 16.0 Å². The number of hydrogen-bond acceptors (Lipinski definition) is 7. The quantitative estimate of drug-likeness (QED) is 0.234. The molecule has 2 heterocycles. The highest BCUT2D eigenvalue weighted by Gasteiger charge is 2.36. The van der Waals surface area contributed by atoms with E-state index in [1.54, 1.807) is 43.3 Å². The number of nitrogens with zero attached hydrogens (tertiary/aromatic N) is 2. The van der Waals surface area contributed by atoms with Crippen LogP contribution >= 0.6 is 23.4 Å². The normalized spacial score (nSPS) is 14.6. The summed E-state index contributed by atoms with van der Waals surface area (Å²) in [5.74, 6) is -0.703. The molecule has 36 heavy (non-hydrogen) atoms. The van der Waals surface area contributed by atoms with Gasteiger partial charge in [-0.2, -0.15) is 0 Å². The van der Waals surface area contributed by atoms with Crippen LogP contribution in [-0.2, 0) is 9.59 Å². The summed E-state index contributed by atoms with van der Waals surface area (Å²) in [5, 5.41) is 14.0. The Hall–Kier alpha value is -3.89. The van der Waals surface area contributed by atoms with Crippen molar-refractivity contribution in [2.45, 2.75) is 20.8 Å². The molecule has 9 nitrogen and oxygen atoms in total. The van der Waals surface area contributed by atoms with Gasteiger partial charge in [-0.3, -0.25) is 29.4 Å². The fraction of sp³-hybridized carbons (Fsp3) is 0.160. The summed E-state index contributed by atoms with van der Waals surface area (Å²) < 4.78 is 5.75. The van der Waals surface area contributed by atoms with E-state index in [-0.39, 0.29) is 22.1 Å². The molecule has 3 amide bonds. The van der Waals surface area contributed by atoms with Crippen molar-refractivity contribution in [3.05, 3.63) is 85.0 Å². The lowest BCUT2D eigenvalue weighted by Gasteiger charge is -2.12. The predicted molar refractivity (Wildman–Crippen MR) is 138 cm³/mol. The summed E-state index contributed by atoms with van der Waals surface area (Å²) in [4.78, 5) is 49.6. The highest BCUT2D eigenvalue weighted by atomic mass is 35.5. The maximum absolute atomic E-state index is 12.8. The first-order valence-corrected chi connectivity index (χ1v) is 11.9. The van der Waals surface area contributed by atoms with E-state index in [2.05, 4.69) is 5.32 Å². The highest BCUT2D eigenvalue weighted by molar-refractivity contribution is 8.18. The molecule has 1 saturated heterocycles. The molecule has 4 rings (SSSR count). The van der Waals surface area contributed by atoms with Gasteiger partial charge in [0.15, 0.2) is 0 Å². The van der Waals surface area contributed by atoms with Gasteiger partial charge in [-0.05, 0) is 79.6 Å². The number of nitro groups is 1. The molecule has 184 valence electrons. The first-order valence-electron chi connectivity index (χ1n) is 10.7. The molecule has 0 spiro atoms. The molecule has 1 aliphatic heterocycles. The molecule has 0 atom stereocenters. The van der Waals surface area contributed by atoms with Crippen molar-refractivity contribution in [1.29, 1.82) is 0 Å². The minimum atomic E-state index is -0.641. The average molecular weight is 526 g/mol. The average Bonchev–Trinajstić information content (AvgIpc) is 3.38. The topological polar surface area (TPSA) is 123 Å². The predicted octanol–water partition coefficient (Wildman–Crippen LogP) is 6.11. The fourth-order valence-corrected chi connectivity index (χ4v) is 4.50. The van der Waals surface area contributed by atoms with Crippen LogP contribution in [0, 0.1) is 30.9 Å². The number of carbonyl (C=O) groups excluding carboxylic acids is 3. The van der Waals surface area contributed by atoms with Gasteiger partial charge in [0.25, 0.3) is 16.8 Å². The van der Waals surface area contributed by atoms with E-state index in [0.29, 0.717) is 28.0 Å². The van der Waals surface area contributed by atoms with Gasteiger partial charge in [0.2, 0.25) is 5.91 Å². The van der Waals surface area contributed by atoms with E-state index in [0.717, 1.165) is 21.6 Å². The molecule has 11 heteroatoms. The van der Waals surface area contributed by atoms with Crippen LogP contribution in [0.4, 0.5) is 16.2 Å². The molecule has 3 aromatic rings. The summed E-state index contributed by atoms with van der Waals surface area (Å²) in [6, 6.07) is 11.3. The summed E-state index contributed by atoms with van der Waals surface area (Å²) in [6.45, 7) is 4.98. The third-order valence-corrected chi connectivity index (χ3v) is 6.92. The Morgan fingerprint density at radius 1 is 1.11 bits per heavy atom. The maximum Gasteiger partial charge on any atom is 0.294 e. The number of carbonyl (C=O) groups is 3. The van der Waals surface area contributed by atoms with Gasteiger partial charge in [0.1, 0.15) is 18.1 Å². The Morgan fingerprint density at radius 2 is 1.83 bits per heavy atom. The van der Waals surface area contributed by atoms with E-state index in [1.807, 2.05) is 13.8 Å². The largest absolute Gasteiger partial charge is 0.456 e. The minimum absolute atomic E-state index is 0.0710. The first-order chi connectivity index (χ1) is 17.0. The van der Waals surface area contributed by atoms with Crippen molar-refractivity contribution in [2.75, 3.05) is 11.9 Å². The van der Waals surface area contributed by atoms with Crippen LogP contribution in [-0.4, -0.2) is 33.4 Å². The van der Waals surface area contributed by atoms with Crippen LogP contribution < -0.4 is 5.32 Å². The smallest absolute Gasteiger partial charge is 0.294 e. The lowest BCUT2D eigenvalue weighted by atomic mass is 10.0. The third-order valence-electron chi connectivity index (χ3n) is 5.61. The van der Waals surface area contributed by atoms with Gasteiger partial charge < -0.3 is 9.73 Å². The summed E-state index contributed by atoms with van der Waals surface area (Å²) in [7, 11) is 0. The van der Waals surface area contributed by atoms with Crippen LogP contribution in [0.3, 0.4) is 0 Å². The zero-order valence-electron chi connectivity index (χ0n) is 19.5. The number of furan rings is 1. The van der Waals surface area contributed by atoms with Gasteiger partial charge in [0.05, 0.1) is 15.4 Å². The second kappa shape index (κ2) is 10.00. The van der Waals surface area contributed by atoms with Crippen molar-refractivity contribution in [2.24, 2.45) is 0 Å². The van der Waals surface area contributed by atoms with Gasteiger partial charge in [-0.25, -0.2) is 0 Å². The Bertz CT molecular complexity index is 1460. The summed E-state index contributed by atoms with van der Waals surface area (Å²) in [5.41, 5.74) is 3.14. The van der Waals surface area contributed by atoms with E-state index in [9.17, 15) is 24.5 Å². The number of benzene rings is 2. The van der Waals surface area contributed by atoms with Crippen molar-refractivity contribution in [3.63, 3.8) is 0 Å². The fourth-order valence-electron chi connectivity index (χ4n) is 3.50. The van der Waals surface area contributed by atoms with E-state index >= 15 is 0 Å². The number of hydrogen-bond donors (Lipinski definition) is 1. The number of thioether (sulfide) groups is 1. The summed E-state index contributed by atoms with van der Waals surface area (Å²) >= 11 is 6.74. The van der Waals surface area contributed by atoms with Crippen LogP contribution in [0.2, 0.25) is 5.02 Å². The Labute approximate surface area is 215 Å². The monoisotopic (exact) mass is 525 g/mol. The minimum Gasteiger partial charge on any atom is -0.456 e. The highest BCUT2D eigenvalue weighted by Crippen LogP contribution is 2.36. The number of anilines is 1. The maximum atomic E-state index is 12.8. The van der Waals surface area contributed by atoms with Crippen LogP contribution in [0.5, 0.6) is 0 Å². The van der Waals surface area contributed by atoms with Crippen LogP contribution in [0.15, 0.2) is 51.8 Å². The lowest BCUT2D eigenvalue weighted by molar-refractivity contribution is -0.384. The number of rotatable bonds is 6. The van der Waals surface area contributed by atoms with Gasteiger partial charge in [-0.15, -0.1) is 0 Å². The number of halogens is 1. The van der Waals surface area contributed by atoms with Crippen molar-refractivity contribution >= 4 is 57.9 Å². The Morgan fingerprint density at radius 3 is 2.53 bits per heavy atom. The van der Waals surface area contributed by atoms with Gasteiger partial charge in [0, 0.05) is 22.9 Å². The molecule has 0 radical (unpaired) electrons. The SMILES string of the molecule is Cc1cc(-c2ccc(/C=C3\SC(=O)N(CC(=O)Nc4ccc(C)c(Cl)c4)C3=O)o2)c([N+](=O)[O-])cc1C. The third kappa shape index (κ3) is 5.19. The standard InChI is InChI=1S/C25H20ClN3O6S/c1-13-4-5-16(10-19(13)26)27-23(30)12-28-24(31)22(36-25(28)32)11-17-6-7-21(35-17)18-8-14(2)15(3)9-20(18)29(33)34/h4-11H,12H2,1-3H3,(H,27,30)/b22-11-. The second-order valence-corrected chi connectivity index (χ2v) is 9.59. The number of imide groups is 1. The van der Waals surface area contributed by atoms with Gasteiger partial charge in [-0.1, -0.05) is 17.7 Å². The van der Waals surface area contributed by atoms with Crippen molar-refractivity contribution < 1.29 is 23.7 Å². The molecule has 1 aliphatic rings. The Kier molecular flexibility index (Phi) is 7.00. The molecular formula is C25H20ClN3O6S. The molecule has 1 aromatic heterocycles. The Balaban J connectivity index is 1.51. The zero-order chi connectivity index (χ0) is 26.1. The van der Waals surface area contributed by atoms with E-state index < -0.39 is 28.5 Å².